The number of carbonyl (C=O) groups is 1. The van der Waals surface area contributed by atoms with E-state index in [1.54, 1.807) is 11.3 Å². The number of aryl methyl sites for hydroxylation is 4. The number of fused-ring (bicyclic) bond motifs is 1. The topological polar surface area (TPSA) is 67.8 Å². The zero-order chi connectivity index (χ0) is 15.5. The lowest BCUT2D eigenvalue weighted by Gasteiger charge is -2.06. The molecule has 0 atom stereocenters. The van der Waals surface area contributed by atoms with Crippen molar-refractivity contribution in [2.24, 2.45) is 0 Å². The number of amides is 1. The van der Waals surface area contributed by atoms with E-state index >= 15 is 0 Å². The minimum Gasteiger partial charge on any atom is -0.301 e. The van der Waals surface area contributed by atoms with Gasteiger partial charge < -0.3 is 5.32 Å². The van der Waals surface area contributed by atoms with Gasteiger partial charge in [-0.25, -0.2) is 15.0 Å². The molecule has 7 heteroatoms. The SMILES string of the molecule is Cc1cc(C)nc(SCC(=O)Nc2nc3c(s2)CCCC3)n1. The fraction of sp³-hybridized carbons (Fsp3) is 0.467. The molecule has 0 bridgehead atoms. The lowest BCUT2D eigenvalue weighted by Crippen LogP contribution is -2.14. The van der Waals surface area contributed by atoms with E-state index in [1.807, 2.05) is 19.9 Å². The van der Waals surface area contributed by atoms with Gasteiger partial charge in [0.25, 0.3) is 0 Å². The summed E-state index contributed by atoms with van der Waals surface area (Å²) in [5, 5.41) is 4.26. The first-order valence-electron chi connectivity index (χ1n) is 7.33. The number of hydrogen-bond acceptors (Lipinski definition) is 6. The maximum atomic E-state index is 12.0. The quantitative estimate of drug-likeness (QED) is 0.687. The number of nitrogens with zero attached hydrogens (tertiary/aromatic N) is 3. The predicted octanol–water partition coefficient (Wildman–Crippen LogP) is 3.16. The third kappa shape index (κ3) is 3.84. The summed E-state index contributed by atoms with van der Waals surface area (Å²) in [6.45, 7) is 3.86. The van der Waals surface area contributed by atoms with E-state index in [0.717, 1.165) is 35.1 Å². The molecule has 2 heterocycles. The van der Waals surface area contributed by atoms with Crippen LogP contribution in [0.15, 0.2) is 11.2 Å². The number of thioether (sulfide) groups is 1. The first-order valence-corrected chi connectivity index (χ1v) is 9.14. The minimum absolute atomic E-state index is 0.0566. The van der Waals surface area contributed by atoms with Crippen LogP contribution in [0.4, 0.5) is 5.13 Å². The summed E-state index contributed by atoms with van der Waals surface area (Å²) in [7, 11) is 0. The average Bonchev–Trinajstić information content (AvgIpc) is 2.86. The molecule has 1 amide bonds. The van der Waals surface area contributed by atoms with Crippen LogP contribution in [0, 0.1) is 13.8 Å². The highest BCUT2D eigenvalue weighted by Gasteiger charge is 2.16. The van der Waals surface area contributed by atoms with Crippen LogP contribution in [-0.2, 0) is 17.6 Å². The van der Waals surface area contributed by atoms with E-state index in [4.69, 9.17) is 0 Å². The number of nitrogens with one attached hydrogen (secondary N) is 1. The molecular formula is C15H18N4OS2. The van der Waals surface area contributed by atoms with Crippen molar-refractivity contribution in [3.63, 3.8) is 0 Å². The Morgan fingerprint density at radius 3 is 2.68 bits per heavy atom. The number of carbonyl (C=O) groups excluding carboxylic acids is 1. The molecule has 1 aliphatic rings. The van der Waals surface area contributed by atoms with Crippen molar-refractivity contribution in [2.45, 2.75) is 44.7 Å². The maximum Gasteiger partial charge on any atom is 0.236 e. The summed E-state index contributed by atoms with van der Waals surface area (Å²) in [5.41, 5.74) is 3.00. The van der Waals surface area contributed by atoms with Gasteiger partial charge in [0.15, 0.2) is 10.3 Å². The van der Waals surface area contributed by atoms with Crippen molar-refractivity contribution < 1.29 is 4.79 Å². The molecule has 0 unspecified atom stereocenters. The first kappa shape index (κ1) is 15.4. The first-order chi connectivity index (χ1) is 10.6. The molecule has 0 radical (unpaired) electrons. The fourth-order valence-corrected chi connectivity index (χ4v) is 4.26. The monoisotopic (exact) mass is 334 g/mol. The number of hydrogen-bond donors (Lipinski definition) is 1. The maximum absolute atomic E-state index is 12.0. The fourth-order valence-electron chi connectivity index (χ4n) is 2.45. The van der Waals surface area contributed by atoms with E-state index < -0.39 is 0 Å². The molecule has 0 fully saturated rings. The molecule has 0 saturated carbocycles. The summed E-state index contributed by atoms with van der Waals surface area (Å²) < 4.78 is 0. The minimum atomic E-state index is -0.0566. The number of thiazole rings is 1. The zero-order valence-corrected chi connectivity index (χ0v) is 14.3. The highest BCUT2D eigenvalue weighted by molar-refractivity contribution is 7.99. The second-order valence-electron chi connectivity index (χ2n) is 5.37. The van der Waals surface area contributed by atoms with Crippen LogP contribution < -0.4 is 5.32 Å². The summed E-state index contributed by atoms with van der Waals surface area (Å²) in [6, 6.07) is 1.92. The Labute approximate surface area is 138 Å². The standard InChI is InChI=1S/C15H18N4OS2/c1-9-7-10(2)17-14(16-9)21-8-13(20)19-15-18-11-5-3-4-6-12(11)22-15/h7H,3-6,8H2,1-2H3,(H,18,19,20). The van der Waals surface area contributed by atoms with Crippen LogP contribution in [0.25, 0.3) is 0 Å². The van der Waals surface area contributed by atoms with Gasteiger partial charge in [-0.3, -0.25) is 4.79 Å². The molecule has 22 heavy (non-hydrogen) atoms. The van der Waals surface area contributed by atoms with Gasteiger partial charge in [-0.05, 0) is 45.6 Å². The molecule has 2 aromatic rings. The van der Waals surface area contributed by atoms with Gasteiger partial charge in [0.2, 0.25) is 5.91 Å². The van der Waals surface area contributed by atoms with E-state index in [0.29, 0.717) is 10.9 Å². The van der Waals surface area contributed by atoms with Gasteiger partial charge in [-0.2, -0.15) is 0 Å². The van der Waals surface area contributed by atoms with Gasteiger partial charge in [-0.1, -0.05) is 11.8 Å². The Morgan fingerprint density at radius 2 is 1.95 bits per heavy atom. The normalized spacial score (nSPS) is 13.7. The molecule has 1 N–H and O–H groups in total. The molecule has 2 aromatic heterocycles. The molecule has 0 aliphatic heterocycles. The Bertz CT molecular complexity index is 655. The van der Waals surface area contributed by atoms with Gasteiger partial charge in [0.1, 0.15) is 0 Å². The smallest absolute Gasteiger partial charge is 0.236 e. The van der Waals surface area contributed by atoms with Crippen molar-refractivity contribution in [2.75, 3.05) is 11.1 Å². The number of aromatic nitrogens is 3. The Hall–Kier alpha value is -1.47. The highest BCUT2D eigenvalue weighted by Crippen LogP contribution is 2.29. The molecule has 0 saturated heterocycles. The van der Waals surface area contributed by atoms with Crippen LogP contribution in [-0.4, -0.2) is 26.6 Å². The van der Waals surface area contributed by atoms with Gasteiger partial charge in [-0.15, -0.1) is 11.3 Å². The van der Waals surface area contributed by atoms with E-state index in [-0.39, 0.29) is 5.91 Å². The van der Waals surface area contributed by atoms with Crippen LogP contribution in [0.1, 0.15) is 34.8 Å². The molecule has 0 spiro atoms. The van der Waals surface area contributed by atoms with Crippen molar-refractivity contribution in [1.82, 2.24) is 15.0 Å². The van der Waals surface area contributed by atoms with E-state index in [1.165, 1.54) is 29.5 Å². The lowest BCUT2D eigenvalue weighted by molar-refractivity contribution is -0.113. The van der Waals surface area contributed by atoms with Gasteiger partial charge in [0, 0.05) is 16.3 Å². The number of rotatable bonds is 4. The summed E-state index contributed by atoms with van der Waals surface area (Å²) in [4.78, 5) is 26.5. The third-order valence-corrected chi connectivity index (χ3v) is 5.31. The van der Waals surface area contributed by atoms with Gasteiger partial charge >= 0.3 is 0 Å². The third-order valence-electron chi connectivity index (χ3n) is 3.39. The molecule has 116 valence electrons. The Kier molecular flexibility index (Phi) is 4.73. The van der Waals surface area contributed by atoms with Crippen LogP contribution in [0.3, 0.4) is 0 Å². The molecular weight excluding hydrogens is 316 g/mol. The van der Waals surface area contributed by atoms with Crippen LogP contribution in [0.5, 0.6) is 0 Å². The number of anilines is 1. The molecule has 5 nitrogen and oxygen atoms in total. The zero-order valence-electron chi connectivity index (χ0n) is 12.7. The predicted molar refractivity (Wildman–Crippen MR) is 89.6 cm³/mol. The summed E-state index contributed by atoms with van der Waals surface area (Å²) in [6.07, 6.45) is 4.55. The van der Waals surface area contributed by atoms with Crippen molar-refractivity contribution >= 4 is 34.1 Å². The molecule has 3 rings (SSSR count). The van der Waals surface area contributed by atoms with E-state index in [9.17, 15) is 4.79 Å². The average molecular weight is 334 g/mol. The largest absolute Gasteiger partial charge is 0.301 e. The molecule has 0 aromatic carbocycles. The van der Waals surface area contributed by atoms with Gasteiger partial charge in [0.05, 0.1) is 11.4 Å². The van der Waals surface area contributed by atoms with Crippen molar-refractivity contribution in [3.05, 3.63) is 28.0 Å². The lowest BCUT2D eigenvalue weighted by atomic mass is 10.0. The highest BCUT2D eigenvalue weighted by atomic mass is 32.2. The van der Waals surface area contributed by atoms with Crippen LogP contribution >= 0.6 is 23.1 Å². The van der Waals surface area contributed by atoms with E-state index in [2.05, 4.69) is 20.3 Å². The second kappa shape index (κ2) is 6.75. The van der Waals surface area contributed by atoms with Crippen molar-refractivity contribution in [1.29, 1.82) is 0 Å². The second-order valence-corrected chi connectivity index (χ2v) is 7.39. The Morgan fingerprint density at radius 1 is 1.23 bits per heavy atom. The summed E-state index contributed by atoms with van der Waals surface area (Å²) in [5.74, 6) is 0.242. The summed E-state index contributed by atoms with van der Waals surface area (Å²) >= 11 is 2.96. The van der Waals surface area contributed by atoms with Crippen molar-refractivity contribution in [3.8, 4) is 0 Å². The Balaban J connectivity index is 1.57. The molecule has 1 aliphatic carbocycles. The van der Waals surface area contributed by atoms with Crippen LogP contribution in [0.2, 0.25) is 0 Å².